The number of thioether (sulfide) groups is 1. The molecule has 0 aromatic heterocycles. The molecule has 2 rings (SSSR count). The lowest BCUT2D eigenvalue weighted by Crippen LogP contribution is -2.35. The Bertz CT molecular complexity index is 799. The fourth-order valence-electron chi connectivity index (χ4n) is 2.26. The number of amides is 1. The molecule has 0 aliphatic carbocycles. The van der Waals surface area contributed by atoms with Gasteiger partial charge < -0.3 is 14.4 Å². The zero-order valence-corrected chi connectivity index (χ0v) is 18.1. The van der Waals surface area contributed by atoms with Crippen LogP contribution in [0, 0.1) is 0 Å². The zero-order valence-electron chi connectivity index (χ0n) is 15.8. The van der Waals surface area contributed by atoms with Gasteiger partial charge in [0.2, 0.25) is 0 Å². The molecule has 0 fully saturated rings. The van der Waals surface area contributed by atoms with E-state index in [1.807, 2.05) is 12.1 Å². The highest BCUT2D eigenvalue weighted by Gasteiger charge is 2.19. The maximum Gasteiger partial charge on any atom is 0.262 e. The molecule has 1 atom stereocenters. The van der Waals surface area contributed by atoms with Crippen molar-refractivity contribution < 1.29 is 14.3 Å². The normalized spacial score (nSPS) is 11.8. The van der Waals surface area contributed by atoms with Crippen molar-refractivity contribution in [3.8, 4) is 17.2 Å². The Kier molecular flexibility index (Phi) is 8.14. The predicted octanol–water partition coefficient (Wildman–Crippen LogP) is 6.14. The number of hydrogen-bond acceptors (Lipinski definition) is 4. The van der Waals surface area contributed by atoms with Gasteiger partial charge in [0.05, 0.1) is 5.02 Å². The molecule has 2 aromatic rings. The largest absolute Gasteiger partial charge is 0.480 e. The van der Waals surface area contributed by atoms with Gasteiger partial charge in [0.1, 0.15) is 17.2 Å². The minimum atomic E-state index is -0.602. The summed E-state index contributed by atoms with van der Waals surface area (Å²) in [6.45, 7) is 3.85. The second-order valence-corrected chi connectivity index (χ2v) is 8.11. The van der Waals surface area contributed by atoms with Gasteiger partial charge in [-0.15, -0.1) is 11.8 Å². The Labute approximate surface area is 174 Å². The Morgan fingerprint density at radius 3 is 2.52 bits per heavy atom. The summed E-state index contributed by atoms with van der Waals surface area (Å²) < 4.78 is 11.8. The van der Waals surface area contributed by atoms with Crippen LogP contribution in [0.3, 0.4) is 0 Å². The highest BCUT2D eigenvalue weighted by atomic mass is 35.5. The summed E-state index contributed by atoms with van der Waals surface area (Å²) in [4.78, 5) is 14.6. The van der Waals surface area contributed by atoms with Crippen molar-refractivity contribution in [3.05, 3.63) is 46.4 Å². The molecule has 7 heteroatoms. The lowest BCUT2D eigenvalue weighted by atomic mass is 10.3. The first kappa shape index (κ1) is 21.7. The molecule has 0 N–H and O–H groups in total. The number of benzene rings is 2. The molecule has 4 nitrogen and oxygen atoms in total. The number of halogens is 2. The van der Waals surface area contributed by atoms with Gasteiger partial charge in [0.15, 0.2) is 6.10 Å². The van der Waals surface area contributed by atoms with Crippen LogP contribution in [0.5, 0.6) is 17.2 Å². The molecular weight excluding hydrogens is 405 g/mol. The summed E-state index contributed by atoms with van der Waals surface area (Å²) in [6, 6.07) is 10.6. The lowest BCUT2D eigenvalue weighted by molar-refractivity contribution is -0.135. The van der Waals surface area contributed by atoms with E-state index in [0.29, 0.717) is 27.3 Å². The van der Waals surface area contributed by atoms with Gasteiger partial charge in [0, 0.05) is 30.1 Å². The number of carbonyl (C=O) groups is 1. The Morgan fingerprint density at radius 2 is 1.89 bits per heavy atom. The first-order valence-corrected chi connectivity index (χ1v) is 10.3. The number of rotatable bonds is 8. The fourth-order valence-corrected chi connectivity index (χ4v) is 3.55. The summed E-state index contributed by atoms with van der Waals surface area (Å²) in [5.74, 6) is 2.53. The molecular formula is C20H23Cl2NO3S. The van der Waals surface area contributed by atoms with Crippen molar-refractivity contribution in [2.24, 2.45) is 0 Å². The van der Waals surface area contributed by atoms with E-state index in [1.54, 1.807) is 57.0 Å². The second kappa shape index (κ2) is 10.1. The lowest BCUT2D eigenvalue weighted by Gasteiger charge is -2.20. The molecule has 0 saturated carbocycles. The summed E-state index contributed by atoms with van der Waals surface area (Å²) in [5.41, 5.74) is 0. The van der Waals surface area contributed by atoms with Crippen LogP contribution in [-0.2, 0) is 4.79 Å². The van der Waals surface area contributed by atoms with Gasteiger partial charge in [0.25, 0.3) is 5.91 Å². The average Bonchev–Trinajstić information content (AvgIpc) is 2.62. The summed E-state index contributed by atoms with van der Waals surface area (Å²) in [7, 11) is 3.41. The third-order valence-electron chi connectivity index (χ3n) is 3.59. The van der Waals surface area contributed by atoms with Crippen molar-refractivity contribution >= 4 is 40.9 Å². The Hall–Kier alpha value is -1.56. The van der Waals surface area contributed by atoms with E-state index < -0.39 is 6.10 Å². The van der Waals surface area contributed by atoms with Crippen LogP contribution in [0.4, 0.5) is 0 Å². The highest BCUT2D eigenvalue weighted by Crippen LogP contribution is 2.37. The number of ether oxygens (including phenoxy) is 2. The molecule has 27 heavy (non-hydrogen) atoms. The molecule has 146 valence electrons. The van der Waals surface area contributed by atoms with Crippen LogP contribution < -0.4 is 9.47 Å². The zero-order chi connectivity index (χ0) is 20.0. The first-order valence-electron chi connectivity index (χ1n) is 8.59. The van der Waals surface area contributed by atoms with E-state index in [2.05, 4.69) is 6.92 Å². The Balaban J connectivity index is 2.28. The van der Waals surface area contributed by atoms with E-state index in [0.717, 1.165) is 17.1 Å². The van der Waals surface area contributed by atoms with E-state index in [4.69, 9.17) is 32.7 Å². The van der Waals surface area contributed by atoms with E-state index in [9.17, 15) is 4.79 Å². The maximum absolute atomic E-state index is 12.2. The third kappa shape index (κ3) is 6.23. The van der Waals surface area contributed by atoms with Crippen LogP contribution in [-0.4, -0.2) is 36.8 Å². The smallest absolute Gasteiger partial charge is 0.262 e. The van der Waals surface area contributed by atoms with Crippen LogP contribution in [0.1, 0.15) is 20.3 Å². The van der Waals surface area contributed by atoms with Crippen molar-refractivity contribution in [2.45, 2.75) is 31.3 Å². The topological polar surface area (TPSA) is 38.8 Å². The molecule has 0 radical (unpaired) electrons. The van der Waals surface area contributed by atoms with Gasteiger partial charge >= 0.3 is 0 Å². The minimum Gasteiger partial charge on any atom is -0.480 e. The van der Waals surface area contributed by atoms with Crippen LogP contribution in [0.25, 0.3) is 0 Å². The molecule has 0 aliphatic rings. The third-order valence-corrected chi connectivity index (χ3v) is 5.38. The molecule has 0 spiro atoms. The first-order chi connectivity index (χ1) is 12.8. The molecule has 0 bridgehead atoms. The van der Waals surface area contributed by atoms with E-state index in [-0.39, 0.29) is 5.91 Å². The van der Waals surface area contributed by atoms with Gasteiger partial charge in [-0.3, -0.25) is 4.79 Å². The van der Waals surface area contributed by atoms with Crippen molar-refractivity contribution in [1.29, 1.82) is 0 Å². The van der Waals surface area contributed by atoms with Crippen LogP contribution >= 0.6 is 35.0 Å². The van der Waals surface area contributed by atoms with Gasteiger partial charge in [-0.05, 0) is 49.4 Å². The molecule has 2 aromatic carbocycles. The van der Waals surface area contributed by atoms with Crippen molar-refractivity contribution in [2.75, 3.05) is 19.8 Å². The SMILES string of the molecule is CCCSc1ccc(Oc2ccc(Cl)cc2Cl)cc1OC(C)C(=O)N(C)C. The quantitative estimate of drug-likeness (QED) is 0.473. The summed E-state index contributed by atoms with van der Waals surface area (Å²) >= 11 is 13.8. The monoisotopic (exact) mass is 427 g/mol. The van der Waals surface area contributed by atoms with Gasteiger partial charge in [-0.1, -0.05) is 30.1 Å². The van der Waals surface area contributed by atoms with Gasteiger partial charge in [-0.2, -0.15) is 0 Å². The summed E-state index contributed by atoms with van der Waals surface area (Å²) in [5, 5.41) is 0.962. The molecule has 1 unspecified atom stereocenters. The fraction of sp³-hybridized carbons (Fsp3) is 0.350. The Morgan fingerprint density at radius 1 is 1.15 bits per heavy atom. The van der Waals surface area contributed by atoms with E-state index in [1.165, 1.54) is 4.90 Å². The number of hydrogen-bond donors (Lipinski definition) is 0. The molecule has 1 amide bonds. The standard InChI is InChI=1S/C20H23Cl2NO3S/c1-5-10-27-19-9-7-15(26-17-8-6-14(21)11-16(17)22)12-18(19)25-13(2)20(24)23(3)4/h6-9,11-13H,5,10H2,1-4H3. The highest BCUT2D eigenvalue weighted by molar-refractivity contribution is 7.99. The van der Waals surface area contributed by atoms with Gasteiger partial charge in [-0.25, -0.2) is 0 Å². The van der Waals surface area contributed by atoms with Crippen LogP contribution in [0.15, 0.2) is 41.3 Å². The minimum absolute atomic E-state index is 0.103. The second-order valence-electron chi connectivity index (χ2n) is 6.13. The molecule has 0 aliphatic heterocycles. The average molecular weight is 428 g/mol. The number of nitrogens with zero attached hydrogens (tertiary/aromatic N) is 1. The van der Waals surface area contributed by atoms with Crippen molar-refractivity contribution in [3.63, 3.8) is 0 Å². The van der Waals surface area contributed by atoms with Crippen molar-refractivity contribution in [1.82, 2.24) is 4.90 Å². The van der Waals surface area contributed by atoms with E-state index >= 15 is 0 Å². The maximum atomic E-state index is 12.2. The number of carbonyl (C=O) groups excluding carboxylic acids is 1. The molecule has 0 heterocycles. The summed E-state index contributed by atoms with van der Waals surface area (Å²) in [6.07, 6.45) is 0.435. The predicted molar refractivity (Wildman–Crippen MR) is 113 cm³/mol. The van der Waals surface area contributed by atoms with Crippen LogP contribution in [0.2, 0.25) is 10.0 Å². The molecule has 0 saturated heterocycles. The number of likely N-dealkylation sites (N-methyl/N-ethyl adjacent to an activating group) is 1.